The van der Waals surface area contributed by atoms with Crippen molar-refractivity contribution in [3.8, 4) is 0 Å². The van der Waals surface area contributed by atoms with Gasteiger partial charge in [-0.3, -0.25) is 9.59 Å². The van der Waals surface area contributed by atoms with E-state index in [9.17, 15) is 14.7 Å². The van der Waals surface area contributed by atoms with Gasteiger partial charge in [-0.05, 0) is 13.3 Å². The lowest BCUT2D eigenvalue weighted by Crippen LogP contribution is -2.47. The number of hydrogen-bond acceptors (Lipinski definition) is 4. The highest BCUT2D eigenvalue weighted by Crippen LogP contribution is 2.17. The van der Waals surface area contributed by atoms with Gasteiger partial charge in [0.05, 0.1) is 12.6 Å². The first kappa shape index (κ1) is 13.9. The zero-order valence-electron chi connectivity index (χ0n) is 10.3. The third-order valence-corrected chi connectivity index (χ3v) is 3.14. The van der Waals surface area contributed by atoms with Crippen molar-refractivity contribution >= 4 is 11.8 Å². The second-order valence-electron chi connectivity index (χ2n) is 4.54. The highest BCUT2D eigenvalue weighted by atomic mass is 16.3. The van der Waals surface area contributed by atoms with Crippen LogP contribution in [0.1, 0.15) is 26.7 Å². The highest BCUT2D eigenvalue weighted by Gasteiger charge is 2.37. The summed E-state index contributed by atoms with van der Waals surface area (Å²) < 4.78 is 0. The van der Waals surface area contributed by atoms with Crippen molar-refractivity contribution in [2.24, 2.45) is 5.73 Å². The molecule has 6 heteroatoms. The van der Waals surface area contributed by atoms with Crippen molar-refractivity contribution in [1.82, 2.24) is 10.2 Å². The standard InChI is InChI=1S/C11H21N3O3/c1-3-7(2)13-5-10(16)14-6-8(15)4-9(14)11(12)17/h7-9,13,15H,3-6H2,1-2H3,(H2,12,17). The van der Waals surface area contributed by atoms with E-state index in [4.69, 9.17) is 5.73 Å². The molecule has 1 fully saturated rings. The smallest absolute Gasteiger partial charge is 0.240 e. The van der Waals surface area contributed by atoms with E-state index in [0.717, 1.165) is 6.42 Å². The largest absolute Gasteiger partial charge is 0.391 e. The maximum atomic E-state index is 11.9. The predicted octanol–water partition coefficient (Wildman–Crippen LogP) is -1.18. The predicted molar refractivity (Wildman–Crippen MR) is 63.1 cm³/mol. The fraction of sp³-hybridized carbons (Fsp3) is 0.818. The molecule has 1 saturated heterocycles. The second-order valence-corrected chi connectivity index (χ2v) is 4.54. The normalized spacial score (nSPS) is 25.9. The van der Waals surface area contributed by atoms with Crippen molar-refractivity contribution in [1.29, 1.82) is 0 Å². The zero-order chi connectivity index (χ0) is 13.0. The van der Waals surface area contributed by atoms with E-state index in [1.54, 1.807) is 0 Å². The molecule has 0 aromatic carbocycles. The van der Waals surface area contributed by atoms with Crippen molar-refractivity contribution in [2.45, 2.75) is 44.9 Å². The number of aliphatic hydroxyl groups excluding tert-OH is 1. The number of β-amino-alcohol motifs (C(OH)–C–C–N with tert-alkyl or cyclic N) is 1. The lowest BCUT2D eigenvalue weighted by atomic mass is 10.2. The van der Waals surface area contributed by atoms with Crippen LogP contribution in [0.2, 0.25) is 0 Å². The molecule has 0 saturated carbocycles. The van der Waals surface area contributed by atoms with Gasteiger partial charge in [0.1, 0.15) is 6.04 Å². The van der Waals surface area contributed by atoms with Gasteiger partial charge < -0.3 is 21.1 Å². The van der Waals surface area contributed by atoms with Gasteiger partial charge in [0, 0.05) is 19.0 Å². The van der Waals surface area contributed by atoms with Crippen LogP contribution >= 0.6 is 0 Å². The Balaban J connectivity index is 2.52. The Labute approximate surface area is 101 Å². The van der Waals surface area contributed by atoms with Crippen LogP contribution in [0.15, 0.2) is 0 Å². The van der Waals surface area contributed by atoms with Crippen LogP contribution in [0, 0.1) is 0 Å². The average Bonchev–Trinajstić information content (AvgIpc) is 2.67. The molecule has 0 aromatic heterocycles. The third kappa shape index (κ3) is 3.67. The topological polar surface area (TPSA) is 95.7 Å². The molecule has 2 amide bonds. The molecule has 0 bridgehead atoms. The van der Waals surface area contributed by atoms with E-state index in [2.05, 4.69) is 5.32 Å². The molecule has 4 N–H and O–H groups in total. The van der Waals surface area contributed by atoms with E-state index in [-0.39, 0.29) is 31.5 Å². The number of likely N-dealkylation sites (tertiary alicyclic amines) is 1. The molecule has 17 heavy (non-hydrogen) atoms. The molecule has 1 rings (SSSR count). The summed E-state index contributed by atoms with van der Waals surface area (Å²) in [6.07, 6.45) is 0.513. The van der Waals surface area contributed by atoms with E-state index in [1.807, 2.05) is 13.8 Å². The number of carbonyl (C=O) groups is 2. The SMILES string of the molecule is CCC(C)NCC(=O)N1CC(O)CC1C(N)=O. The summed E-state index contributed by atoms with van der Waals surface area (Å²) in [5.41, 5.74) is 5.21. The summed E-state index contributed by atoms with van der Waals surface area (Å²) in [6.45, 7) is 4.37. The molecule has 0 aromatic rings. The van der Waals surface area contributed by atoms with E-state index >= 15 is 0 Å². The van der Waals surface area contributed by atoms with Crippen LogP contribution < -0.4 is 11.1 Å². The monoisotopic (exact) mass is 243 g/mol. The number of rotatable bonds is 5. The summed E-state index contributed by atoms with van der Waals surface area (Å²) in [4.78, 5) is 24.4. The molecule has 3 atom stereocenters. The average molecular weight is 243 g/mol. The van der Waals surface area contributed by atoms with Crippen LogP contribution in [0.5, 0.6) is 0 Å². The maximum Gasteiger partial charge on any atom is 0.240 e. The molecule has 0 aliphatic carbocycles. The summed E-state index contributed by atoms with van der Waals surface area (Å²) >= 11 is 0. The Kier molecular flexibility index (Phi) is 4.89. The first-order valence-electron chi connectivity index (χ1n) is 5.96. The first-order chi connectivity index (χ1) is 7.95. The second kappa shape index (κ2) is 5.97. The Morgan fingerprint density at radius 1 is 1.59 bits per heavy atom. The number of nitrogens with zero attached hydrogens (tertiary/aromatic N) is 1. The fourth-order valence-corrected chi connectivity index (χ4v) is 1.87. The molecule has 1 aliphatic rings. The highest BCUT2D eigenvalue weighted by molar-refractivity contribution is 5.88. The van der Waals surface area contributed by atoms with Crippen molar-refractivity contribution in [2.75, 3.05) is 13.1 Å². The van der Waals surface area contributed by atoms with Gasteiger partial charge >= 0.3 is 0 Å². The number of carbonyl (C=O) groups excluding carboxylic acids is 2. The Bertz CT molecular complexity index is 296. The number of nitrogens with one attached hydrogen (secondary N) is 1. The maximum absolute atomic E-state index is 11.9. The zero-order valence-corrected chi connectivity index (χ0v) is 10.3. The van der Waals surface area contributed by atoms with E-state index in [1.165, 1.54) is 4.90 Å². The van der Waals surface area contributed by atoms with Crippen LogP contribution in [0.4, 0.5) is 0 Å². The van der Waals surface area contributed by atoms with Gasteiger partial charge in [0.15, 0.2) is 0 Å². The quantitative estimate of drug-likeness (QED) is 0.566. The van der Waals surface area contributed by atoms with Gasteiger partial charge in [0.2, 0.25) is 11.8 Å². The third-order valence-electron chi connectivity index (χ3n) is 3.14. The van der Waals surface area contributed by atoms with Gasteiger partial charge in [-0.1, -0.05) is 6.92 Å². The number of aliphatic hydroxyl groups is 1. The van der Waals surface area contributed by atoms with Crippen molar-refractivity contribution in [3.63, 3.8) is 0 Å². The summed E-state index contributed by atoms with van der Waals surface area (Å²) in [5, 5.41) is 12.5. The Morgan fingerprint density at radius 2 is 2.24 bits per heavy atom. The summed E-state index contributed by atoms with van der Waals surface area (Å²) in [6, 6.07) is -0.422. The van der Waals surface area contributed by atoms with Crippen LogP contribution in [-0.2, 0) is 9.59 Å². The molecule has 0 radical (unpaired) electrons. The molecular weight excluding hydrogens is 222 g/mol. The first-order valence-corrected chi connectivity index (χ1v) is 5.96. The van der Waals surface area contributed by atoms with Crippen LogP contribution in [-0.4, -0.2) is 53.1 Å². The Hall–Kier alpha value is -1.14. The fourth-order valence-electron chi connectivity index (χ4n) is 1.87. The van der Waals surface area contributed by atoms with Crippen LogP contribution in [0.3, 0.4) is 0 Å². The molecule has 98 valence electrons. The molecule has 3 unspecified atom stereocenters. The van der Waals surface area contributed by atoms with Gasteiger partial charge in [-0.15, -0.1) is 0 Å². The summed E-state index contributed by atoms with van der Waals surface area (Å²) in [7, 11) is 0. The van der Waals surface area contributed by atoms with Gasteiger partial charge in [-0.2, -0.15) is 0 Å². The number of primary amides is 1. The molecule has 1 heterocycles. The lowest BCUT2D eigenvalue weighted by Gasteiger charge is -2.23. The van der Waals surface area contributed by atoms with Gasteiger partial charge in [-0.25, -0.2) is 0 Å². The lowest BCUT2D eigenvalue weighted by molar-refractivity contribution is -0.136. The molecule has 6 nitrogen and oxygen atoms in total. The Morgan fingerprint density at radius 3 is 2.76 bits per heavy atom. The number of nitrogens with two attached hydrogens (primary N) is 1. The van der Waals surface area contributed by atoms with E-state index < -0.39 is 18.1 Å². The van der Waals surface area contributed by atoms with Crippen molar-refractivity contribution in [3.05, 3.63) is 0 Å². The minimum absolute atomic E-state index is 0.172. The van der Waals surface area contributed by atoms with Crippen molar-refractivity contribution < 1.29 is 14.7 Å². The number of hydrogen-bond donors (Lipinski definition) is 3. The molecule has 0 spiro atoms. The minimum Gasteiger partial charge on any atom is -0.391 e. The summed E-state index contributed by atoms with van der Waals surface area (Å²) in [5.74, 6) is -0.746. The van der Waals surface area contributed by atoms with E-state index in [0.29, 0.717) is 0 Å². The van der Waals surface area contributed by atoms with Crippen LogP contribution in [0.25, 0.3) is 0 Å². The number of amides is 2. The molecule has 1 aliphatic heterocycles. The molecular formula is C11H21N3O3. The minimum atomic E-state index is -0.670. The van der Waals surface area contributed by atoms with Gasteiger partial charge in [0.25, 0.3) is 0 Å².